The molecule has 1 amide bonds. The van der Waals surface area contributed by atoms with E-state index in [1.54, 1.807) is 20.8 Å². The van der Waals surface area contributed by atoms with Gasteiger partial charge in [-0.1, -0.05) is 57.5 Å². The van der Waals surface area contributed by atoms with Gasteiger partial charge in [-0.3, -0.25) is 14.4 Å². The average Bonchev–Trinajstić information content (AvgIpc) is 2.74. The summed E-state index contributed by atoms with van der Waals surface area (Å²) in [6.45, 7) is 12.0. The van der Waals surface area contributed by atoms with Gasteiger partial charge in [0.15, 0.2) is 0 Å². The highest BCUT2D eigenvalue weighted by Crippen LogP contribution is 2.38. The van der Waals surface area contributed by atoms with Gasteiger partial charge in [0.25, 0.3) is 0 Å². The third-order valence-electron chi connectivity index (χ3n) is 6.23. The predicted molar refractivity (Wildman–Crippen MR) is 128 cm³/mol. The van der Waals surface area contributed by atoms with Crippen LogP contribution in [0.25, 0.3) is 0 Å². The Hall–Kier alpha value is -2.37. The number of carbonyl (C=O) groups is 3. The van der Waals surface area contributed by atoms with Gasteiger partial charge in [0.05, 0.1) is 18.4 Å². The van der Waals surface area contributed by atoms with Gasteiger partial charge in [-0.05, 0) is 56.9 Å². The Balaban J connectivity index is 1.99. The molecule has 1 N–H and O–H groups in total. The highest BCUT2D eigenvalue weighted by Gasteiger charge is 2.36. The van der Waals surface area contributed by atoms with Crippen molar-refractivity contribution >= 4 is 17.8 Å². The molecule has 1 fully saturated rings. The van der Waals surface area contributed by atoms with Crippen LogP contribution in [0.15, 0.2) is 30.3 Å². The van der Waals surface area contributed by atoms with Crippen LogP contribution < -0.4 is 5.32 Å². The molecular formula is C27H41NO5. The average molecular weight is 460 g/mol. The molecule has 33 heavy (non-hydrogen) atoms. The summed E-state index contributed by atoms with van der Waals surface area (Å²) in [4.78, 5) is 37.5. The van der Waals surface area contributed by atoms with Gasteiger partial charge in [-0.15, -0.1) is 0 Å². The first-order chi connectivity index (χ1) is 15.5. The summed E-state index contributed by atoms with van der Waals surface area (Å²) >= 11 is 0. The van der Waals surface area contributed by atoms with Gasteiger partial charge in [0.1, 0.15) is 12.2 Å². The van der Waals surface area contributed by atoms with Crippen LogP contribution >= 0.6 is 0 Å². The number of amides is 1. The molecule has 1 aliphatic rings. The lowest BCUT2D eigenvalue weighted by Crippen LogP contribution is -2.37. The lowest BCUT2D eigenvalue weighted by molar-refractivity contribution is -0.155. The number of hydrogen-bond donors (Lipinski definition) is 1. The molecule has 1 aliphatic carbocycles. The quantitative estimate of drug-likeness (QED) is 0.512. The molecule has 0 heterocycles. The van der Waals surface area contributed by atoms with Crippen LogP contribution in [0.1, 0.15) is 85.3 Å². The van der Waals surface area contributed by atoms with E-state index >= 15 is 0 Å². The molecule has 6 nitrogen and oxygen atoms in total. The number of ether oxygens (including phenoxy) is 2. The van der Waals surface area contributed by atoms with Crippen LogP contribution in [0.4, 0.5) is 0 Å². The summed E-state index contributed by atoms with van der Waals surface area (Å²) in [6.07, 6.45) is 3.05. The Bertz CT molecular complexity index is 783. The van der Waals surface area contributed by atoms with Gasteiger partial charge in [-0.2, -0.15) is 0 Å². The van der Waals surface area contributed by atoms with E-state index in [9.17, 15) is 14.4 Å². The number of nitrogens with one attached hydrogen (secondary N) is 1. The minimum Gasteiger partial charge on any atom is -0.463 e. The fourth-order valence-electron chi connectivity index (χ4n) is 4.53. The molecule has 1 aromatic carbocycles. The van der Waals surface area contributed by atoms with Crippen molar-refractivity contribution in [1.82, 2.24) is 5.32 Å². The third kappa shape index (κ3) is 9.18. The van der Waals surface area contributed by atoms with Gasteiger partial charge in [0.2, 0.25) is 5.91 Å². The maximum atomic E-state index is 13.0. The molecule has 0 unspecified atom stereocenters. The number of benzene rings is 1. The Morgan fingerprint density at radius 3 is 2.33 bits per heavy atom. The van der Waals surface area contributed by atoms with Gasteiger partial charge in [0, 0.05) is 6.42 Å². The fourth-order valence-corrected chi connectivity index (χ4v) is 4.53. The molecule has 0 bridgehead atoms. The lowest BCUT2D eigenvalue weighted by Gasteiger charge is -2.36. The van der Waals surface area contributed by atoms with E-state index in [1.807, 2.05) is 30.3 Å². The zero-order valence-corrected chi connectivity index (χ0v) is 21.1. The largest absolute Gasteiger partial charge is 0.463 e. The van der Waals surface area contributed by atoms with E-state index in [0.717, 1.165) is 24.8 Å². The third-order valence-corrected chi connectivity index (χ3v) is 6.23. The van der Waals surface area contributed by atoms with Crippen LogP contribution in [0.5, 0.6) is 0 Å². The Morgan fingerprint density at radius 1 is 1.06 bits per heavy atom. The fraction of sp³-hybridized carbons (Fsp3) is 0.667. The first-order valence-corrected chi connectivity index (χ1v) is 12.2. The maximum absolute atomic E-state index is 13.0. The van der Waals surface area contributed by atoms with Crippen LogP contribution in [-0.2, 0) is 23.9 Å². The molecule has 1 saturated carbocycles. The number of esters is 2. The normalized spacial score (nSPS) is 21.8. The van der Waals surface area contributed by atoms with Crippen LogP contribution in [0.3, 0.4) is 0 Å². The van der Waals surface area contributed by atoms with Gasteiger partial charge in [-0.25, -0.2) is 0 Å². The van der Waals surface area contributed by atoms with E-state index in [1.165, 1.54) is 0 Å². The highest BCUT2D eigenvalue weighted by molar-refractivity contribution is 5.81. The van der Waals surface area contributed by atoms with Crippen molar-refractivity contribution in [2.75, 3.05) is 6.61 Å². The van der Waals surface area contributed by atoms with Crippen molar-refractivity contribution in [3.05, 3.63) is 35.9 Å². The topological polar surface area (TPSA) is 81.7 Å². The highest BCUT2D eigenvalue weighted by atomic mass is 16.6. The van der Waals surface area contributed by atoms with Crippen molar-refractivity contribution in [1.29, 1.82) is 0 Å². The first-order valence-electron chi connectivity index (χ1n) is 12.2. The van der Waals surface area contributed by atoms with Crippen molar-refractivity contribution in [3.63, 3.8) is 0 Å². The van der Waals surface area contributed by atoms with E-state index in [-0.39, 0.29) is 37.2 Å². The van der Waals surface area contributed by atoms with E-state index < -0.39 is 17.6 Å². The standard InChI is InChI=1S/C27H41NO5/c1-18(2)21-13-12-19(3)16-22(21)26(31)32-17-23(20-10-8-7-9-11-20)28-24(29)14-15-25(30)33-27(4,5)6/h7-11,18-19,21-23H,12-17H2,1-6H3,(H,28,29)/t19-,21+,22-,23-/m1/s1. The van der Waals surface area contributed by atoms with E-state index in [0.29, 0.717) is 17.8 Å². The van der Waals surface area contributed by atoms with Crippen molar-refractivity contribution in [3.8, 4) is 0 Å². The molecule has 0 spiro atoms. The number of hydrogen-bond acceptors (Lipinski definition) is 5. The number of rotatable bonds is 9. The molecule has 6 heteroatoms. The Labute approximate surface area is 198 Å². The molecule has 1 aromatic rings. The molecule has 0 aromatic heterocycles. The summed E-state index contributed by atoms with van der Waals surface area (Å²) in [7, 11) is 0. The molecule has 184 valence electrons. The minimum atomic E-state index is -0.585. The van der Waals surface area contributed by atoms with Crippen LogP contribution in [0, 0.1) is 23.7 Å². The minimum absolute atomic E-state index is 0.000428. The second kappa shape index (κ2) is 12.2. The number of carbonyl (C=O) groups excluding carboxylic acids is 3. The van der Waals surface area contributed by atoms with Crippen molar-refractivity contribution < 1.29 is 23.9 Å². The van der Waals surface area contributed by atoms with Crippen molar-refractivity contribution in [2.45, 2.75) is 85.3 Å². The second-order valence-corrected chi connectivity index (χ2v) is 10.7. The SMILES string of the molecule is CC(C)[C@@H]1CC[C@@H](C)C[C@H]1C(=O)OC[C@@H](NC(=O)CCC(=O)OC(C)(C)C)c1ccccc1. The van der Waals surface area contributed by atoms with Gasteiger partial charge >= 0.3 is 11.9 Å². The summed E-state index contributed by atoms with van der Waals surface area (Å²) < 4.78 is 11.0. The Morgan fingerprint density at radius 2 is 1.73 bits per heavy atom. The molecular weight excluding hydrogens is 418 g/mol. The summed E-state index contributed by atoms with van der Waals surface area (Å²) in [6, 6.07) is 8.98. The van der Waals surface area contributed by atoms with Crippen molar-refractivity contribution in [2.24, 2.45) is 23.7 Å². The summed E-state index contributed by atoms with van der Waals surface area (Å²) in [5, 5.41) is 2.93. The molecule has 4 atom stereocenters. The molecule has 0 radical (unpaired) electrons. The lowest BCUT2D eigenvalue weighted by atomic mass is 9.70. The van der Waals surface area contributed by atoms with Crippen LogP contribution in [0.2, 0.25) is 0 Å². The van der Waals surface area contributed by atoms with Gasteiger partial charge < -0.3 is 14.8 Å². The monoisotopic (exact) mass is 459 g/mol. The summed E-state index contributed by atoms with van der Waals surface area (Å²) in [5.41, 5.74) is 0.270. The van der Waals surface area contributed by atoms with E-state index in [4.69, 9.17) is 9.47 Å². The zero-order valence-electron chi connectivity index (χ0n) is 21.1. The van der Waals surface area contributed by atoms with E-state index in [2.05, 4.69) is 26.1 Å². The second-order valence-electron chi connectivity index (χ2n) is 10.7. The smallest absolute Gasteiger partial charge is 0.309 e. The maximum Gasteiger partial charge on any atom is 0.309 e. The Kier molecular flexibility index (Phi) is 9.93. The zero-order chi connectivity index (χ0) is 24.6. The summed E-state index contributed by atoms with van der Waals surface area (Å²) in [5.74, 6) is 0.288. The molecule has 0 aliphatic heterocycles. The van der Waals surface area contributed by atoms with Crippen LogP contribution in [-0.4, -0.2) is 30.1 Å². The first kappa shape index (κ1) is 26.9. The molecule has 0 saturated heterocycles. The molecule has 2 rings (SSSR count). The predicted octanol–water partition coefficient (Wildman–Crippen LogP) is 5.22.